The molecule has 0 saturated heterocycles. The van der Waals surface area contributed by atoms with Crippen LogP contribution < -0.4 is 15.4 Å². The smallest absolute Gasteiger partial charge is 0.321 e. The Bertz CT molecular complexity index is 1220. The fourth-order valence-corrected chi connectivity index (χ4v) is 3.11. The fourth-order valence-electron chi connectivity index (χ4n) is 3.11. The van der Waals surface area contributed by atoms with Crippen LogP contribution in [0.25, 0.3) is 33.4 Å². The topological polar surface area (TPSA) is 105 Å². The molecule has 9 heteroatoms. The minimum Gasteiger partial charge on any atom is -0.495 e. The van der Waals surface area contributed by atoms with Crippen LogP contribution in [-0.4, -0.2) is 39.6 Å². The van der Waals surface area contributed by atoms with E-state index in [0.29, 0.717) is 28.9 Å². The quantitative estimate of drug-likeness (QED) is 0.465. The third-order valence-electron chi connectivity index (χ3n) is 4.45. The Morgan fingerprint density at radius 3 is 2.87 bits per heavy atom. The van der Waals surface area contributed by atoms with Crippen molar-refractivity contribution >= 4 is 23.0 Å². The third kappa shape index (κ3) is 3.77. The number of urea groups is 1. The molecule has 8 nitrogen and oxygen atoms in total. The summed E-state index contributed by atoms with van der Waals surface area (Å²) in [5, 5.41) is 5.28. The van der Waals surface area contributed by atoms with Crippen molar-refractivity contribution in [1.82, 2.24) is 25.3 Å². The molecule has 30 heavy (non-hydrogen) atoms. The van der Waals surface area contributed by atoms with Gasteiger partial charge >= 0.3 is 6.03 Å². The average molecular weight is 406 g/mol. The number of H-pyrrole nitrogens is 1. The maximum Gasteiger partial charge on any atom is 0.321 e. The Kier molecular flexibility index (Phi) is 5.25. The van der Waals surface area contributed by atoms with Gasteiger partial charge in [0.05, 0.1) is 18.8 Å². The van der Waals surface area contributed by atoms with Crippen molar-refractivity contribution in [3.8, 4) is 28.1 Å². The highest BCUT2D eigenvalue weighted by molar-refractivity contribution is 5.98. The molecule has 2 amide bonds. The van der Waals surface area contributed by atoms with E-state index in [9.17, 15) is 9.18 Å². The van der Waals surface area contributed by atoms with Crippen molar-refractivity contribution < 1.29 is 13.9 Å². The van der Waals surface area contributed by atoms with Gasteiger partial charge in [0, 0.05) is 30.1 Å². The van der Waals surface area contributed by atoms with Gasteiger partial charge in [-0.1, -0.05) is 0 Å². The number of pyridine rings is 2. The maximum atomic E-state index is 14.6. The summed E-state index contributed by atoms with van der Waals surface area (Å²) in [5.74, 6) is 0.372. The first-order chi connectivity index (χ1) is 14.6. The number of hydrogen-bond donors (Lipinski definition) is 3. The van der Waals surface area contributed by atoms with Crippen molar-refractivity contribution in [2.75, 3.05) is 19.0 Å². The first-order valence-electron chi connectivity index (χ1n) is 9.28. The molecule has 0 aliphatic rings. The molecule has 0 radical (unpaired) electrons. The summed E-state index contributed by atoms with van der Waals surface area (Å²) in [6.45, 7) is 2.29. The molecule has 3 heterocycles. The van der Waals surface area contributed by atoms with Gasteiger partial charge in [-0.25, -0.2) is 14.2 Å². The number of aromatic nitrogens is 4. The minimum atomic E-state index is -0.471. The predicted molar refractivity (Wildman–Crippen MR) is 112 cm³/mol. The highest BCUT2D eigenvalue weighted by Crippen LogP contribution is 2.34. The number of rotatable bonds is 5. The molecule has 0 spiro atoms. The van der Waals surface area contributed by atoms with E-state index in [2.05, 4.69) is 30.6 Å². The van der Waals surface area contributed by atoms with Gasteiger partial charge in [0.1, 0.15) is 22.8 Å². The number of nitrogens with one attached hydrogen (secondary N) is 3. The zero-order valence-corrected chi connectivity index (χ0v) is 16.4. The number of imidazole rings is 1. The molecule has 4 aromatic rings. The van der Waals surface area contributed by atoms with Gasteiger partial charge in [-0.3, -0.25) is 15.3 Å². The maximum absolute atomic E-state index is 14.6. The van der Waals surface area contributed by atoms with Crippen LogP contribution in [0.15, 0.2) is 48.9 Å². The number of benzene rings is 1. The van der Waals surface area contributed by atoms with E-state index in [-0.39, 0.29) is 17.7 Å². The number of carbonyl (C=O) groups is 1. The van der Waals surface area contributed by atoms with E-state index in [1.807, 2.05) is 19.1 Å². The number of hydrogen-bond acceptors (Lipinski definition) is 5. The largest absolute Gasteiger partial charge is 0.495 e. The van der Waals surface area contributed by atoms with Crippen molar-refractivity contribution in [2.45, 2.75) is 6.92 Å². The van der Waals surface area contributed by atoms with Gasteiger partial charge in [-0.05, 0) is 42.8 Å². The Balaban J connectivity index is 1.90. The molecule has 4 rings (SSSR count). The van der Waals surface area contributed by atoms with E-state index in [1.165, 1.54) is 18.3 Å². The molecule has 0 aliphatic heterocycles. The molecule has 0 aliphatic carbocycles. The van der Waals surface area contributed by atoms with Crippen LogP contribution >= 0.6 is 0 Å². The minimum absolute atomic E-state index is 0.163. The molecule has 0 saturated carbocycles. The number of anilines is 1. The number of amides is 2. The predicted octanol–water partition coefficient (Wildman–Crippen LogP) is 3.98. The summed E-state index contributed by atoms with van der Waals surface area (Å²) in [6.07, 6.45) is 4.81. The molecular formula is C21H19FN6O2. The Hall–Kier alpha value is -4.01. The molecule has 0 unspecified atom stereocenters. The highest BCUT2D eigenvalue weighted by Gasteiger charge is 2.17. The number of fused-ring (bicyclic) bond motifs is 1. The van der Waals surface area contributed by atoms with Crippen molar-refractivity contribution in [3.05, 3.63) is 54.7 Å². The molecule has 1 aromatic carbocycles. The lowest BCUT2D eigenvalue weighted by molar-refractivity contribution is 0.252. The second kappa shape index (κ2) is 8.16. The summed E-state index contributed by atoms with van der Waals surface area (Å²) in [7, 11) is 1.56. The van der Waals surface area contributed by atoms with Gasteiger partial charge in [-0.15, -0.1) is 0 Å². The molecule has 152 valence electrons. The number of nitrogens with zero attached hydrogens (tertiary/aromatic N) is 3. The number of methoxy groups -OCH3 is 1. The SMILES string of the molecule is CCNC(=O)Nc1nc2c(-c3ncccc3F)cc(-c3cncc(OC)c3)cc2[nH]1. The van der Waals surface area contributed by atoms with E-state index in [1.54, 1.807) is 25.6 Å². The Labute approximate surface area is 171 Å². The summed E-state index contributed by atoms with van der Waals surface area (Å²) < 4.78 is 19.8. The van der Waals surface area contributed by atoms with Gasteiger partial charge in [0.25, 0.3) is 0 Å². The zero-order chi connectivity index (χ0) is 21.1. The van der Waals surface area contributed by atoms with E-state index in [4.69, 9.17) is 4.74 Å². The lowest BCUT2D eigenvalue weighted by Gasteiger charge is -2.08. The lowest BCUT2D eigenvalue weighted by Crippen LogP contribution is -2.28. The number of ether oxygens (including phenoxy) is 1. The summed E-state index contributed by atoms with van der Waals surface area (Å²) in [6, 6.07) is 7.95. The lowest BCUT2D eigenvalue weighted by atomic mass is 10.0. The van der Waals surface area contributed by atoms with Crippen molar-refractivity contribution in [2.24, 2.45) is 0 Å². The second-order valence-electron chi connectivity index (χ2n) is 6.44. The summed E-state index contributed by atoms with van der Waals surface area (Å²) in [5.41, 5.74) is 3.30. The van der Waals surface area contributed by atoms with Crippen LogP contribution in [0.1, 0.15) is 6.92 Å². The number of aromatic amines is 1. The van der Waals surface area contributed by atoms with Crippen LogP contribution in [0, 0.1) is 5.82 Å². The van der Waals surface area contributed by atoms with Gasteiger partial charge in [0.15, 0.2) is 0 Å². The fraction of sp³-hybridized carbons (Fsp3) is 0.143. The monoisotopic (exact) mass is 406 g/mol. The van der Waals surface area contributed by atoms with Crippen LogP contribution in [0.5, 0.6) is 5.75 Å². The van der Waals surface area contributed by atoms with Gasteiger partial charge in [-0.2, -0.15) is 0 Å². The summed E-state index contributed by atoms with van der Waals surface area (Å²) in [4.78, 5) is 27.8. The Morgan fingerprint density at radius 2 is 2.10 bits per heavy atom. The van der Waals surface area contributed by atoms with Crippen LogP contribution in [-0.2, 0) is 0 Å². The third-order valence-corrected chi connectivity index (χ3v) is 4.45. The van der Waals surface area contributed by atoms with Crippen molar-refractivity contribution in [3.63, 3.8) is 0 Å². The van der Waals surface area contributed by atoms with Gasteiger partial charge < -0.3 is 15.0 Å². The Morgan fingerprint density at radius 1 is 1.23 bits per heavy atom. The molecule has 3 aromatic heterocycles. The van der Waals surface area contributed by atoms with E-state index >= 15 is 0 Å². The summed E-state index contributed by atoms with van der Waals surface area (Å²) >= 11 is 0. The number of carbonyl (C=O) groups excluding carboxylic acids is 1. The first-order valence-corrected chi connectivity index (χ1v) is 9.28. The standard InChI is InChI=1S/C21H19FN6O2/c1-3-24-21(29)28-20-26-17-9-12(13-7-14(30-2)11-23-10-13)8-15(19(17)27-20)18-16(22)5-4-6-25-18/h4-11H,3H2,1-2H3,(H3,24,26,27,28,29). The van der Waals surface area contributed by atoms with Crippen LogP contribution in [0.4, 0.5) is 15.1 Å². The van der Waals surface area contributed by atoms with Crippen LogP contribution in [0.2, 0.25) is 0 Å². The van der Waals surface area contributed by atoms with Crippen molar-refractivity contribution in [1.29, 1.82) is 0 Å². The van der Waals surface area contributed by atoms with Gasteiger partial charge in [0.2, 0.25) is 5.95 Å². The average Bonchev–Trinajstić information content (AvgIpc) is 3.16. The highest BCUT2D eigenvalue weighted by atomic mass is 19.1. The normalized spacial score (nSPS) is 10.8. The molecule has 0 atom stereocenters. The zero-order valence-electron chi connectivity index (χ0n) is 16.4. The molecule has 3 N–H and O–H groups in total. The van der Waals surface area contributed by atoms with E-state index in [0.717, 1.165) is 11.1 Å². The number of halogens is 1. The molecule has 0 bridgehead atoms. The molecule has 0 fully saturated rings. The van der Waals surface area contributed by atoms with E-state index < -0.39 is 5.82 Å². The first kappa shape index (κ1) is 19.3. The molecular weight excluding hydrogens is 387 g/mol. The van der Waals surface area contributed by atoms with Crippen LogP contribution in [0.3, 0.4) is 0 Å². The second-order valence-corrected chi connectivity index (χ2v) is 6.44.